The summed E-state index contributed by atoms with van der Waals surface area (Å²) in [5, 5.41) is 2.90. The maximum absolute atomic E-state index is 11.5. The predicted octanol–water partition coefficient (Wildman–Crippen LogP) is 2.37. The molecule has 1 amide bonds. The van der Waals surface area contributed by atoms with Crippen LogP contribution in [0.2, 0.25) is 0 Å². The van der Waals surface area contributed by atoms with Gasteiger partial charge in [0.1, 0.15) is 0 Å². The van der Waals surface area contributed by atoms with Gasteiger partial charge in [0.05, 0.1) is 17.9 Å². The Hall–Kier alpha value is -1.03. The first kappa shape index (κ1) is 9.21. The molecule has 4 heteroatoms. The fourth-order valence-corrected chi connectivity index (χ4v) is 2.36. The number of nitrogens with zero attached hydrogens (tertiary/aromatic N) is 1. The number of halogens is 1. The van der Waals surface area contributed by atoms with Crippen molar-refractivity contribution in [3.8, 4) is 0 Å². The van der Waals surface area contributed by atoms with E-state index in [0.29, 0.717) is 12.6 Å². The Morgan fingerprint density at radius 3 is 2.93 bits per heavy atom. The molecule has 0 aromatic heterocycles. The van der Waals surface area contributed by atoms with Gasteiger partial charge in [-0.3, -0.25) is 4.79 Å². The van der Waals surface area contributed by atoms with Crippen LogP contribution < -0.4 is 10.2 Å². The molecule has 15 heavy (non-hydrogen) atoms. The van der Waals surface area contributed by atoms with Gasteiger partial charge in [-0.25, -0.2) is 0 Å². The van der Waals surface area contributed by atoms with Gasteiger partial charge in [-0.15, -0.1) is 0 Å². The maximum atomic E-state index is 11.5. The van der Waals surface area contributed by atoms with Crippen molar-refractivity contribution in [1.29, 1.82) is 0 Å². The van der Waals surface area contributed by atoms with Crippen LogP contribution in [-0.4, -0.2) is 18.5 Å². The van der Waals surface area contributed by atoms with Gasteiger partial charge in [0, 0.05) is 10.5 Å². The van der Waals surface area contributed by atoms with Gasteiger partial charge >= 0.3 is 0 Å². The van der Waals surface area contributed by atoms with Gasteiger partial charge in [-0.2, -0.15) is 0 Å². The van der Waals surface area contributed by atoms with Crippen LogP contribution in [0.4, 0.5) is 11.4 Å². The molecule has 3 nitrogen and oxygen atoms in total. The van der Waals surface area contributed by atoms with Crippen molar-refractivity contribution < 1.29 is 4.79 Å². The van der Waals surface area contributed by atoms with Gasteiger partial charge < -0.3 is 10.2 Å². The van der Waals surface area contributed by atoms with E-state index in [9.17, 15) is 4.79 Å². The van der Waals surface area contributed by atoms with Crippen molar-refractivity contribution in [3.63, 3.8) is 0 Å². The average molecular weight is 267 g/mol. The smallest absolute Gasteiger partial charge is 0.243 e. The Morgan fingerprint density at radius 1 is 1.40 bits per heavy atom. The lowest BCUT2D eigenvalue weighted by molar-refractivity contribution is -0.115. The Balaban J connectivity index is 2.05. The molecule has 1 aromatic carbocycles. The second kappa shape index (κ2) is 3.23. The summed E-state index contributed by atoms with van der Waals surface area (Å²) >= 11 is 3.41. The number of rotatable bonds is 1. The van der Waals surface area contributed by atoms with Crippen LogP contribution in [0.25, 0.3) is 0 Å². The zero-order valence-electron chi connectivity index (χ0n) is 8.16. The Kier molecular flexibility index (Phi) is 1.99. The number of anilines is 2. The van der Waals surface area contributed by atoms with E-state index in [1.165, 1.54) is 12.8 Å². The molecular weight excluding hydrogens is 256 g/mol. The standard InChI is InChI=1S/C11H11BrN2O/c12-7-1-4-10-9(5-7)13-11(15)6-14(10)8-2-3-8/h1,4-5,8H,2-3,6H2,(H,13,15). The van der Waals surface area contributed by atoms with Crippen molar-refractivity contribution in [2.24, 2.45) is 0 Å². The van der Waals surface area contributed by atoms with Crippen LogP contribution in [0.1, 0.15) is 12.8 Å². The van der Waals surface area contributed by atoms with E-state index >= 15 is 0 Å². The van der Waals surface area contributed by atoms with Crippen molar-refractivity contribution in [3.05, 3.63) is 22.7 Å². The fraction of sp³-hybridized carbons (Fsp3) is 0.364. The average Bonchev–Trinajstić information content (AvgIpc) is 2.98. The third kappa shape index (κ3) is 1.63. The van der Waals surface area contributed by atoms with E-state index in [1.807, 2.05) is 12.1 Å². The van der Waals surface area contributed by atoms with Gasteiger partial charge in [0.15, 0.2) is 0 Å². The second-order valence-electron chi connectivity index (χ2n) is 4.07. The highest BCUT2D eigenvalue weighted by Gasteiger charge is 2.34. The van der Waals surface area contributed by atoms with E-state index < -0.39 is 0 Å². The van der Waals surface area contributed by atoms with Gasteiger partial charge in [0.25, 0.3) is 0 Å². The minimum atomic E-state index is 0.0903. The number of carbonyl (C=O) groups is 1. The highest BCUT2D eigenvalue weighted by Crippen LogP contribution is 2.38. The van der Waals surface area contributed by atoms with E-state index in [-0.39, 0.29) is 5.91 Å². The minimum Gasteiger partial charge on any atom is -0.358 e. The molecule has 2 aliphatic rings. The topological polar surface area (TPSA) is 32.3 Å². The van der Waals surface area contributed by atoms with E-state index in [1.54, 1.807) is 0 Å². The first-order chi connectivity index (χ1) is 7.24. The monoisotopic (exact) mass is 266 g/mol. The Bertz CT molecular complexity index is 429. The van der Waals surface area contributed by atoms with Gasteiger partial charge in [-0.05, 0) is 31.0 Å². The summed E-state index contributed by atoms with van der Waals surface area (Å²) in [6, 6.07) is 6.63. The number of hydrogen-bond acceptors (Lipinski definition) is 2. The van der Waals surface area contributed by atoms with Crippen LogP contribution in [0.15, 0.2) is 22.7 Å². The van der Waals surface area contributed by atoms with Gasteiger partial charge in [0.2, 0.25) is 5.91 Å². The number of hydrogen-bond donors (Lipinski definition) is 1. The van der Waals surface area contributed by atoms with Crippen LogP contribution in [0.5, 0.6) is 0 Å². The largest absolute Gasteiger partial charge is 0.358 e. The molecule has 0 radical (unpaired) electrons. The maximum Gasteiger partial charge on any atom is 0.243 e. The third-order valence-electron chi connectivity index (χ3n) is 2.84. The molecule has 1 aliphatic heterocycles. The van der Waals surface area contributed by atoms with Crippen LogP contribution in [0, 0.1) is 0 Å². The molecule has 1 aromatic rings. The molecule has 0 atom stereocenters. The van der Waals surface area contributed by atoms with Crippen LogP contribution in [-0.2, 0) is 4.79 Å². The summed E-state index contributed by atoms with van der Waals surface area (Å²) in [6.45, 7) is 0.499. The third-order valence-corrected chi connectivity index (χ3v) is 3.34. The fourth-order valence-electron chi connectivity index (χ4n) is 2.00. The van der Waals surface area contributed by atoms with Crippen LogP contribution >= 0.6 is 15.9 Å². The van der Waals surface area contributed by atoms with Gasteiger partial charge in [-0.1, -0.05) is 15.9 Å². The molecular formula is C11H11BrN2O. The lowest BCUT2D eigenvalue weighted by Gasteiger charge is -2.31. The summed E-state index contributed by atoms with van der Waals surface area (Å²) in [7, 11) is 0. The van der Waals surface area contributed by atoms with Crippen LogP contribution in [0.3, 0.4) is 0 Å². The molecule has 1 saturated carbocycles. The highest BCUT2D eigenvalue weighted by molar-refractivity contribution is 9.10. The number of amides is 1. The number of nitrogens with one attached hydrogen (secondary N) is 1. The zero-order chi connectivity index (χ0) is 10.4. The van der Waals surface area contributed by atoms with Crippen molar-refractivity contribution >= 4 is 33.2 Å². The summed E-state index contributed by atoms with van der Waals surface area (Å²) in [6.07, 6.45) is 2.42. The summed E-state index contributed by atoms with van der Waals surface area (Å²) < 4.78 is 0.999. The molecule has 78 valence electrons. The van der Waals surface area contributed by atoms with E-state index in [4.69, 9.17) is 0 Å². The molecule has 0 saturated heterocycles. The molecule has 1 fully saturated rings. The number of carbonyl (C=O) groups excluding carboxylic acids is 1. The quantitative estimate of drug-likeness (QED) is 0.847. The Morgan fingerprint density at radius 2 is 2.20 bits per heavy atom. The summed E-state index contributed by atoms with van der Waals surface area (Å²) in [5.74, 6) is 0.0903. The van der Waals surface area contributed by atoms with Crippen molar-refractivity contribution in [2.45, 2.75) is 18.9 Å². The number of fused-ring (bicyclic) bond motifs is 1. The van der Waals surface area contributed by atoms with E-state index in [0.717, 1.165) is 15.8 Å². The first-order valence-electron chi connectivity index (χ1n) is 5.10. The first-order valence-corrected chi connectivity index (χ1v) is 5.89. The molecule has 1 N–H and O–H groups in total. The molecule has 0 bridgehead atoms. The predicted molar refractivity (Wildman–Crippen MR) is 63.1 cm³/mol. The minimum absolute atomic E-state index is 0.0903. The normalized spacial score (nSPS) is 19.8. The van der Waals surface area contributed by atoms with E-state index in [2.05, 4.69) is 32.2 Å². The SMILES string of the molecule is O=C1CN(C2CC2)c2ccc(Br)cc2N1. The molecule has 0 spiro atoms. The summed E-state index contributed by atoms with van der Waals surface area (Å²) in [5.41, 5.74) is 2.08. The lowest BCUT2D eigenvalue weighted by Crippen LogP contribution is -2.39. The second-order valence-corrected chi connectivity index (χ2v) is 4.98. The lowest BCUT2D eigenvalue weighted by atomic mass is 10.2. The molecule has 1 heterocycles. The summed E-state index contributed by atoms with van der Waals surface area (Å²) in [4.78, 5) is 13.7. The molecule has 1 aliphatic carbocycles. The molecule has 0 unspecified atom stereocenters. The molecule has 3 rings (SSSR count). The Labute approximate surface area is 96.6 Å². The highest BCUT2D eigenvalue weighted by atomic mass is 79.9. The zero-order valence-corrected chi connectivity index (χ0v) is 9.75. The van der Waals surface area contributed by atoms with Crippen molar-refractivity contribution in [2.75, 3.05) is 16.8 Å². The van der Waals surface area contributed by atoms with Crippen molar-refractivity contribution in [1.82, 2.24) is 0 Å². The number of benzene rings is 1.